The fraction of sp³-hybridized carbons (Fsp3) is 0.500. The molecule has 1 saturated carbocycles. The predicted molar refractivity (Wildman–Crippen MR) is 79.0 cm³/mol. The van der Waals surface area contributed by atoms with Crippen LogP contribution >= 0.6 is 0 Å². The molecular weight excluding hydrogens is 266 g/mol. The lowest BCUT2D eigenvalue weighted by atomic mass is 10.2. The van der Waals surface area contributed by atoms with Gasteiger partial charge in [-0.15, -0.1) is 0 Å². The fourth-order valence-electron chi connectivity index (χ4n) is 2.08. The number of benzene rings is 1. The topological polar surface area (TPSA) is 60.2 Å². The first-order valence-electron chi connectivity index (χ1n) is 7.60. The maximum Gasteiger partial charge on any atom is 0.229 e. The standard InChI is InChI=1S/C16H21N3O2/c1-2-9-17-10-12-3-7-14(8-4-12)20-11-15-18-16(21-19-15)13-5-6-13/h3-4,7-8,13,17H,2,5-6,9-11H2,1H3. The summed E-state index contributed by atoms with van der Waals surface area (Å²) >= 11 is 0. The van der Waals surface area contributed by atoms with Crippen molar-refractivity contribution in [3.8, 4) is 5.75 Å². The van der Waals surface area contributed by atoms with E-state index in [0.29, 0.717) is 18.3 Å². The van der Waals surface area contributed by atoms with Gasteiger partial charge >= 0.3 is 0 Å². The minimum atomic E-state index is 0.351. The smallest absolute Gasteiger partial charge is 0.229 e. The lowest BCUT2D eigenvalue weighted by Crippen LogP contribution is -2.13. The molecule has 0 amide bonds. The van der Waals surface area contributed by atoms with E-state index in [2.05, 4.69) is 34.5 Å². The summed E-state index contributed by atoms with van der Waals surface area (Å²) in [7, 11) is 0. The number of nitrogens with zero attached hydrogens (tertiary/aromatic N) is 2. The summed E-state index contributed by atoms with van der Waals surface area (Å²) in [5, 5.41) is 7.31. The van der Waals surface area contributed by atoms with Crippen molar-refractivity contribution >= 4 is 0 Å². The molecular formula is C16H21N3O2. The van der Waals surface area contributed by atoms with Gasteiger partial charge in [-0.3, -0.25) is 0 Å². The monoisotopic (exact) mass is 287 g/mol. The van der Waals surface area contributed by atoms with Crippen LogP contribution in [0.15, 0.2) is 28.8 Å². The Morgan fingerprint density at radius 2 is 2.10 bits per heavy atom. The summed E-state index contributed by atoms with van der Waals surface area (Å²) in [5.74, 6) is 2.68. The Labute approximate surface area is 124 Å². The van der Waals surface area contributed by atoms with Gasteiger partial charge in [0.2, 0.25) is 11.7 Å². The number of rotatable bonds is 8. The Kier molecular flexibility index (Phi) is 4.50. The average molecular weight is 287 g/mol. The molecule has 0 unspecified atom stereocenters. The third-order valence-corrected chi connectivity index (χ3v) is 3.46. The molecule has 1 aliphatic rings. The lowest BCUT2D eigenvalue weighted by Gasteiger charge is -2.06. The zero-order valence-electron chi connectivity index (χ0n) is 12.3. The Morgan fingerprint density at radius 1 is 1.29 bits per heavy atom. The molecule has 0 saturated heterocycles. The van der Waals surface area contributed by atoms with Crippen molar-refractivity contribution < 1.29 is 9.26 Å². The Balaban J connectivity index is 1.47. The van der Waals surface area contributed by atoms with Crippen molar-refractivity contribution in [2.24, 2.45) is 0 Å². The van der Waals surface area contributed by atoms with Crippen molar-refractivity contribution in [2.75, 3.05) is 6.54 Å². The molecule has 1 aromatic heterocycles. The summed E-state index contributed by atoms with van der Waals surface area (Å²) in [6.07, 6.45) is 3.47. The molecule has 1 aromatic carbocycles. The van der Waals surface area contributed by atoms with Crippen LogP contribution in [0, 0.1) is 0 Å². The van der Waals surface area contributed by atoms with Gasteiger partial charge in [0.05, 0.1) is 0 Å². The second-order valence-corrected chi connectivity index (χ2v) is 5.43. The second kappa shape index (κ2) is 6.72. The first kappa shape index (κ1) is 14.1. The van der Waals surface area contributed by atoms with Crippen LogP contribution in [-0.2, 0) is 13.2 Å². The van der Waals surface area contributed by atoms with Gasteiger partial charge in [0.15, 0.2) is 6.61 Å². The largest absolute Gasteiger partial charge is 0.485 e. The van der Waals surface area contributed by atoms with Crippen molar-refractivity contribution in [1.82, 2.24) is 15.5 Å². The molecule has 1 heterocycles. The summed E-state index contributed by atoms with van der Waals surface area (Å²) < 4.78 is 10.9. The van der Waals surface area contributed by atoms with Gasteiger partial charge in [0, 0.05) is 12.5 Å². The highest BCUT2D eigenvalue weighted by atomic mass is 16.5. The number of hydrogen-bond acceptors (Lipinski definition) is 5. The fourth-order valence-corrected chi connectivity index (χ4v) is 2.08. The quantitative estimate of drug-likeness (QED) is 0.756. The molecule has 0 radical (unpaired) electrons. The van der Waals surface area contributed by atoms with Gasteiger partial charge in [0.1, 0.15) is 5.75 Å². The summed E-state index contributed by atoms with van der Waals surface area (Å²) in [5.41, 5.74) is 1.26. The molecule has 0 bridgehead atoms. The van der Waals surface area contributed by atoms with E-state index in [9.17, 15) is 0 Å². The molecule has 5 nitrogen and oxygen atoms in total. The number of nitrogens with one attached hydrogen (secondary N) is 1. The van der Waals surface area contributed by atoms with Crippen molar-refractivity contribution in [3.63, 3.8) is 0 Å². The van der Waals surface area contributed by atoms with E-state index >= 15 is 0 Å². The van der Waals surface area contributed by atoms with E-state index in [1.165, 1.54) is 5.56 Å². The lowest BCUT2D eigenvalue weighted by molar-refractivity contribution is 0.285. The molecule has 0 atom stereocenters. The van der Waals surface area contributed by atoms with E-state index in [4.69, 9.17) is 9.26 Å². The second-order valence-electron chi connectivity index (χ2n) is 5.43. The zero-order chi connectivity index (χ0) is 14.5. The van der Waals surface area contributed by atoms with Crippen LogP contribution in [0.25, 0.3) is 0 Å². The van der Waals surface area contributed by atoms with E-state index in [-0.39, 0.29) is 0 Å². The van der Waals surface area contributed by atoms with Crippen molar-refractivity contribution in [2.45, 2.75) is 45.3 Å². The third kappa shape index (κ3) is 4.04. The molecule has 5 heteroatoms. The van der Waals surface area contributed by atoms with E-state index in [0.717, 1.165) is 44.0 Å². The summed E-state index contributed by atoms with van der Waals surface area (Å²) in [6, 6.07) is 8.10. The highest BCUT2D eigenvalue weighted by Crippen LogP contribution is 2.38. The normalized spacial score (nSPS) is 14.3. The first-order chi connectivity index (χ1) is 10.3. The van der Waals surface area contributed by atoms with Gasteiger partial charge in [-0.05, 0) is 43.5 Å². The number of ether oxygens (including phenoxy) is 1. The van der Waals surface area contributed by atoms with Crippen molar-refractivity contribution in [1.29, 1.82) is 0 Å². The Hall–Kier alpha value is -1.88. The average Bonchev–Trinajstić information content (AvgIpc) is 3.26. The molecule has 3 rings (SSSR count). The van der Waals surface area contributed by atoms with E-state index in [1.54, 1.807) is 0 Å². The van der Waals surface area contributed by atoms with Gasteiger partial charge < -0.3 is 14.6 Å². The first-order valence-corrected chi connectivity index (χ1v) is 7.60. The van der Waals surface area contributed by atoms with Crippen LogP contribution in [-0.4, -0.2) is 16.7 Å². The van der Waals surface area contributed by atoms with Gasteiger partial charge in [-0.25, -0.2) is 0 Å². The molecule has 112 valence electrons. The SMILES string of the molecule is CCCNCc1ccc(OCc2noc(C3CC3)n2)cc1. The summed E-state index contributed by atoms with van der Waals surface area (Å²) in [4.78, 5) is 4.34. The van der Waals surface area contributed by atoms with Crippen molar-refractivity contribution in [3.05, 3.63) is 41.5 Å². The van der Waals surface area contributed by atoms with Crippen LogP contribution in [0.3, 0.4) is 0 Å². The minimum absolute atomic E-state index is 0.351. The summed E-state index contributed by atoms with van der Waals surface area (Å²) in [6.45, 7) is 4.45. The number of hydrogen-bond donors (Lipinski definition) is 1. The van der Waals surface area contributed by atoms with Crippen LogP contribution in [0.5, 0.6) is 5.75 Å². The zero-order valence-corrected chi connectivity index (χ0v) is 12.3. The van der Waals surface area contributed by atoms with Crippen LogP contribution in [0.4, 0.5) is 0 Å². The molecule has 2 aromatic rings. The number of aromatic nitrogens is 2. The van der Waals surface area contributed by atoms with Crippen LogP contribution in [0.1, 0.15) is 49.4 Å². The highest BCUT2D eigenvalue weighted by Gasteiger charge is 2.29. The molecule has 1 aliphatic carbocycles. The molecule has 1 fully saturated rings. The van der Waals surface area contributed by atoms with Gasteiger partial charge in [-0.2, -0.15) is 4.98 Å². The van der Waals surface area contributed by atoms with Gasteiger partial charge in [0.25, 0.3) is 0 Å². The molecule has 21 heavy (non-hydrogen) atoms. The maximum absolute atomic E-state index is 5.68. The highest BCUT2D eigenvalue weighted by molar-refractivity contribution is 5.27. The molecule has 0 spiro atoms. The van der Waals surface area contributed by atoms with E-state index in [1.807, 2.05) is 12.1 Å². The van der Waals surface area contributed by atoms with Gasteiger partial charge in [-0.1, -0.05) is 24.2 Å². The van der Waals surface area contributed by atoms with Crippen LogP contribution in [0.2, 0.25) is 0 Å². The van der Waals surface area contributed by atoms with Crippen LogP contribution < -0.4 is 10.1 Å². The minimum Gasteiger partial charge on any atom is -0.485 e. The molecule has 0 aliphatic heterocycles. The Morgan fingerprint density at radius 3 is 2.81 bits per heavy atom. The third-order valence-electron chi connectivity index (χ3n) is 3.46. The predicted octanol–water partition coefficient (Wildman–Crippen LogP) is 3.03. The Bertz CT molecular complexity index is 561. The maximum atomic E-state index is 5.68. The molecule has 1 N–H and O–H groups in total. The van der Waals surface area contributed by atoms with E-state index < -0.39 is 0 Å².